The number of H-pyrrole nitrogens is 1. The molecule has 0 aliphatic carbocycles. The molecule has 0 bridgehead atoms. The Morgan fingerprint density at radius 2 is 1.96 bits per heavy atom. The predicted molar refractivity (Wildman–Crippen MR) is 110 cm³/mol. The molecule has 3 rings (SSSR count). The number of aliphatic imine (C=N–C) groups is 1. The summed E-state index contributed by atoms with van der Waals surface area (Å²) in [7, 11) is 0. The van der Waals surface area contributed by atoms with Crippen LogP contribution in [-0.2, 0) is 12.8 Å². The smallest absolute Gasteiger partial charge is 0.305 e. The summed E-state index contributed by atoms with van der Waals surface area (Å²) in [6, 6.07) is 2.07. The minimum Gasteiger partial charge on any atom is -0.493 e. The number of benzene rings is 1. The van der Waals surface area contributed by atoms with Gasteiger partial charge in [-0.15, -0.1) is 12.6 Å². The Balaban J connectivity index is 2.31. The molecule has 0 fully saturated rings. The predicted octanol–water partition coefficient (Wildman–Crippen LogP) is 4.21. The van der Waals surface area contributed by atoms with E-state index in [1.54, 1.807) is 0 Å². The van der Waals surface area contributed by atoms with Crippen LogP contribution in [0.15, 0.2) is 20.9 Å². The molecule has 0 radical (unpaired) electrons. The van der Waals surface area contributed by atoms with Crippen molar-refractivity contribution in [3.8, 4) is 5.75 Å². The van der Waals surface area contributed by atoms with E-state index < -0.39 is 0 Å². The number of aromatic amines is 1. The van der Waals surface area contributed by atoms with Crippen molar-refractivity contribution in [1.29, 1.82) is 5.41 Å². The van der Waals surface area contributed by atoms with Crippen molar-refractivity contribution in [2.24, 2.45) is 4.99 Å². The molecule has 0 saturated carbocycles. The lowest BCUT2D eigenvalue weighted by Crippen LogP contribution is -2.11. The molecule has 2 N–H and O–H groups in total. The number of thiazole rings is 1. The molecular formula is C19H23N3O2S2. The van der Waals surface area contributed by atoms with Gasteiger partial charge in [-0.3, -0.25) is 10.2 Å². The Morgan fingerprint density at radius 3 is 2.54 bits per heavy atom. The maximum atomic E-state index is 11.8. The molecule has 1 aromatic heterocycles. The number of fused-ring (bicyclic) bond motifs is 1. The number of aromatic nitrogens is 1. The SMILES string of the molecule is CCCc1cc(OCC)c2c(c1CCC)C(c1sc(=O)[nH]c1S)=NC2=N. The first-order valence-corrected chi connectivity index (χ1v) is 10.2. The average Bonchev–Trinajstić information content (AvgIpc) is 3.10. The molecular weight excluding hydrogens is 366 g/mol. The minimum atomic E-state index is -0.167. The zero-order chi connectivity index (χ0) is 18.8. The maximum absolute atomic E-state index is 11.8. The summed E-state index contributed by atoms with van der Waals surface area (Å²) >= 11 is 5.49. The first-order chi connectivity index (χ1) is 12.5. The highest BCUT2D eigenvalue weighted by Crippen LogP contribution is 2.38. The van der Waals surface area contributed by atoms with Crippen LogP contribution in [0.1, 0.15) is 60.7 Å². The van der Waals surface area contributed by atoms with E-state index in [4.69, 9.17) is 10.1 Å². The topological polar surface area (TPSA) is 78.3 Å². The summed E-state index contributed by atoms with van der Waals surface area (Å²) in [5, 5.41) is 8.93. The van der Waals surface area contributed by atoms with E-state index in [1.807, 2.05) is 6.92 Å². The van der Waals surface area contributed by atoms with Gasteiger partial charge in [-0.25, -0.2) is 4.99 Å². The Bertz CT molecular complexity index is 941. The van der Waals surface area contributed by atoms with Crippen molar-refractivity contribution in [3.63, 3.8) is 0 Å². The van der Waals surface area contributed by atoms with Crippen LogP contribution in [0.2, 0.25) is 0 Å². The number of nitrogens with zero attached hydrogens (tertiary/aromatic N) is 1. The number of hydrogen-bond acceptors (Lipinski definition) is 5. The van der Waals surface area contributed by atoms with Crippen molar-refractivity contribution in [2.75, 3.05) is 6.61 Å². The van der Waals surface area contributed by atoms with Gasteiger partial charge < -0.3 is 9.72 Å². The molecule has 1 aromatic carbocycles. The molecule has 1 aliphatic rings. The summed E-state index contributed by atoms with van der Waals surface area (Å²) in [5.41, 5.74) is 4.79. The van der Waals surface area contributed by atoms with Crippen molar-refractivity contribution >= 4 is 35.5 Å². The molecule has 0 spiro atoms. The molecule has 1 aliphatic heterocycles. The van der Waals surface area contributed by atoms with Crippen LogP contribution in [0.3, 0.4) is 0 Å². The summed E-state index contributed by atoms with van der Waals surface area (Å²) in [6.07, 6.45) is 3.87. The molecule has 5 nitrogen and oxygen atoms in total. The number of aryl methyl sites for hydroxylation is 1. The van der Waals surface area contributed by atoms with E-state index in [2.05, 4.69) is 42.5 Å². The summed E-state index contributed by atoms with van der Waals surface area (Å²) in [6.45, 7) is 6.78. The van der Waals surface area contributed by atoms with Gasteiger partial charge in [-0.1, -0.05) is 38.0 Å². The first kappa shape index (κ1) is 18.9. The average molecular weight is 390 g/mol. The number of rotatable bonds is 7. The molecule has 2 aromatic rings. The van der Waals surface area contributed by atoms with Crippen molar-refractivity contribution in [3.05, 3.63) is 42.9 Å². The molecule has 0 saturated heterocycles. The van der Waals surface area contributed by atoms with E-state index in [-0.39, 0.29) is 10.7 Å². The highest BCUT2D eigenvalue weighted by molar-refractivity contribution is 7.80. The van der Waals surface area contributed by atoms with Gasteiger partial charge >= 0.3 is 4.87 Å². The molecule has 0 amide bonds. The van der Waals surface area contributed by atoms with Gasteiger partial charge in [0.1, 0.15) is 5.75 Å². The third-order valence-corrected chi connectivity index (χ3v) is 5.73. The van der Waals surface area contributed by atoms with Gasteiger partial charge in [-0.2, -0.15) is 0 Å². The van der Waals surface area contributed by atoms with E-state index >= 15 is 0 Å². The quantitative estimate of drug-likeness (QED) is 0.621. The number of hydrogen-bond donors (Lipinski definition) is 3. The Kier molecular flexibility index (Phi) is 5.67. The number of thiol groups is 1. The van der Waals surface area contributed by atoms with Crippen molar-refractivity contribution in [2.45, 2.75) is 51.5 Å². The third kappa shape index (κ3) is 3.25. The number of amidine groups is 1. The zero-order valence-corrected chi connectivity index (χ0v) is 16.9. The zero-order valence-electron chi connectivity index (χ0n) is 15.2. The van der Waals surface area contributed by atoms with Crippen LogP contribution in [0.25, 0.3) is 0 Å². The third-order valence-electron chi connectivity index (χ3n) is 4.35. The Labute approximate surface area is 162 Å². The van der Waals surface area contributed by atoms with Gasteiger partial charge in [0, 0.05) is 5.56 Å². The standard InChI is InChI=1S/C19H23N3O2S2/c1-4-7-10-9-12(24-6-3)14-13(11(10)8-5-2)15(21-17(14)20)16-18(25)22-19(23)26-16/h9,20,25H,4-8H2,1-3H3,(H,22,23). The second kappa shape index (κ2) is 7.80. The normalized spacial score (nSPS) is 13.1. The van der Waals surface area contributed by atoms with Crippen LogP contribution >= 0.6 is 24.0 Å². The lowest BCUT2D eigenvalue weighted by molar-refractivity contribution is 0.339. The first-order valence-electron chi connectivity index (χ1n) is 8.93. The van der Waals surface area contributed by atoms with Crippen LogP contribution in [-0.4, -0.2) is 23.1 Å². The van der Waals surface area contributed by atoms with Crippen LogP contribution in [0, 0.1) is 5.41 Å². The van der Waals surface area contributed by atoms with Crippen molar-refractivity contribution < 1.29 is 4.74 Å². The largest absolute Gasteiger partial charge is 0.493 e. The molecule has 2 heterocycles. The maximum Gasteiger partial charge on any atom is 0.305 e. The van der Waals surface area contributed by atoms with E-state index in [0.717, 1.165) is 48.1 Å². The second-order valence-electron chi connectivity index (χ2n) is 6.20. The summed E-state index contributed by atoms with van der Waals surface area (Å²) in [5.74, 6) is 0.894. The van der Waals surface area contributed by atoms with Crippen LogP contribution in [0.4, 0.5) is 0 Å². The van der Waals surface area contributed by atoms with Crippen LogP contribution in [0.5, 0.6) is 5.75 Å². The van der Waals surface area contributed by atoms with Gasteiger partial charge in [-0.05, 0) is 37.0 Å². The molecule has 0 unspecified atom stereocenters. The Hall–Kier alpha value is -1.86. The number of nitrogens with one attached hydrogen (secondary N) is 2. The fourth-order valence-electron chi connectivity index (χ4n) is 3.41. The molecule has 0 atom stereocenters. The van der Waals surface area contributed by atoms with Crippen molar-refractivity contribution in [1.82, 2.24) is 4.98 Å². The number of ether oxygens (including phenoxy) is 1. The second-order valence-corrected chi connectivity index (χ2v) is 7.63. The van der Waals surface area contributed by atoms with Crippen LogP contribution < -0.4 is 9.61 Å². The highest BCUT2D eigenvalue weighted by Gasteiger charge is 2.32. The lowest BCUT2D eigenvalue weighted by Gasteiger charge is -2.18. The highest BCUT2D eigenvalue weighted by atomic mass is 32.1. The van der Waals surface area contributed by atoms with Gasteiger partial charge in [0.2, 0.25) is 0 Å². The van der Waals surface area contributed by atoms with E-state index in [9.17, 15) is 4.79 Å². The fraction of sp³-hybridized carbons (Fsp3) is 0.421. The Morgan fingerprint density at radius 1 is 1.23 bits per heavy atom. The van der Waals surface area contributed by atoms with Gasteiger partial charge in [0.15, 0.2) is 5.84 Å². The lowest BCUT2D eigenvalue weighted by atomic mass is 9.88. The summed E-state index contributed by atoms with van der Waals surface area (Å²) in [4.78, 5) is 19.5. The molecule has 26 heavy (non-hydrogen) atoms. The summed E-state index contributed by atoms with van der Waals surface area (Å²) < 4.78 is 5.86. The van der Waals surface area contributed by atoms with Gasteiger partial charge in [0.05, 0.1) is 27.8 Å². The molecule has 138 valence electrons. The monoisotopic (exact) mass is 389 g/mol. The fourth-order valence-corrected chi connectivity index (χ4v) is 4.56. The molecule has 7 heteroatoms. The minimum absolute atomic E-state index is 0.167. The van der Waals surface area contributed by atoms with E-state index in [0.29, 0.717) is 28.0 Å². The van der Waals surface area contributed by atoms with Gasteiger partial charge in [0.25, 0.3) is 0 Å². The van der Waals surface area contributed by atoms with E-state index in [1.165, 1.54) is 11.1 Å².